The number of rotatable bonds is 14. The molecule has 3 fully saturated rings. The summed E-state index contributed by atoms with van der Waals surface area (Å²) in [7, 11) is 0. The van der Waals surface area contributed by atoms with Crippen molar-refractivity contribution in [1.82, 2.24) is 0 Å². The molecule has 37 heavy (non-hydrogen) atoms. The van der Waals surface area contributed by atoms with Crippen LogP contribution in [-0.4, -0.2) is 17.5 Å². The second kappa shape index (κ2) is 13.3. The molecule has 0 aromatic rings. The number of hydrogen-bond acceptors (Lipinski definition) is 2. The highest BCUT2D eigenvalue weighted by Crippen LogP contribution is 2.66. The number of aliphatic hydroxyl groups is 1. The average molecular weight is 515 g/mol. The van der Waals surface area contributed by atoms with Gasteiger partial charge in [0.1, 0.15) is 0 Å². The lowest BCUT2D eigenvalue weighted by Crippen LogP contribution is -2.50. The van der Waals surface area contributed by atoms with E-state index < -0.39 is 6.29 Å². The predicted octanol–water partition coefficient (Wildman–Crippen LogP) is 10.2. The molecule has 0 aliphatic heterocycles. The Balaban J connectivity index is 1.28. The summed E-state index contributed by atoms with van der Waals surface area (Å²) in [6.45, 7) is 12.3. The smallest absolute Gasteiger partial charge is 0.154 e. The summed E-state index contributed by atoms with van der Waals surface area (Å²) >= 11 is 0. The second-order valence-corrected chi connectivity index (χ2v) is 14.8. The third-order valence-electron chi connectivity index (χ3n) is 12.0. The van der Waals surface area contributed by atoms with E-state index in [1.807, 2.05) is 0 Å². The van der Waals surface area contributed by atoms with E-state index >= 15 is 0 Å². The van der Waals surface area contributed by atoms with Gasteiger partial charge in [0, 0.05) is 0 Å². The SMILES string of the molecule is CCCCCCCCC(O)OC1CCC2(C)C(=CCC3C2CCC2(C)C(CCCCC(C)C)CCC32)C1. The van der Waals surface area contributed by atoms with Crippen molar-refractivity contribution in [1.29, 1.82) is 0 Å². The lowest BCUT2D eigenvalue weighted by molar-refractivity contribution is -0.152. The molecule has 2 nitrogen and oxygen atoms in total. The highest BCUT2D eigenvalue weighted by Gasteiger charge is 2.58. The van der Waals surface area contributed by atoms with Crippen molar-refractivity contribution in [2.45, 2.75) is 169 Å². The van der Waals surface area contributed by atoms with E-state index in [9.17, 15) is 5.11 Å². The number of fused-ring (bicyclic) bond motifs is 5. The Morgan fingerprint density at radius 2 is 1.65 bits per heavy atom. The highest BCUT2D eigenvalue weighted by atomic mass is 16.6. The van der Waals surface area contributed by atoms with Gasteiger partial charge in [0.25, 0.3) is 0 Å². The monoisotopic (exact) mass is 514 g/mol. The van der Waals surface area contributed by atoms with E-state index in [4.69, 9.17) is 4.74 Å². The zero-order valence-electron chi connectivity index (χ0n) is 25.4. The van der Waals surface area contributed by atoms with Crippen LogP contribution in [0.1, 0.15) is 157 Å². The van der Waals surface area contributed by atoms with Crippen LogP contribution >= 0.6 is 0 Å². The van der Waals surface area contributed by atoms with Crippen LogP contribution in [0.25, 0.3) is 0 Å². The molecule has 8 unspecified atom stereocenters. The summed E-state index contributed by atoms with van der Waals surface area (Å²) in [5, 5.41) is 10.6. The Kier molecular flexibility index (Phi) is 10.7. The van der Waals surface area contributed by atoms with Crippen LogP contribution in [0.3, 0.4) is 0 Å². The predicted molar refractivity (Wildman–Crippen MR) is 157 cm³/mol. The average Bonchev–Trinajstić information content (AvgIpc) is 3.20. The molecule has 4 aliphatic carbocycles. The quantitative estimate of drug-likeness (QED) is 0.142. The normalized spacial score (nSPS) is 38.1. The van der Waals surface area contributed by atoms with Crippen molar-refractivity contribution in [3.05, 3.63) is 11.6 Å². The zero-order chi connectivity index (χ0) is 26.5. The first-order valence-corrected chi connectivity index (χ1v) is 16.8. The van der Waals surface area contributed by atoms with Crippen LogP contribution in [0.5, 0.6) is 0 Å². The summed E-state index contributed by atoms with van der Waals surface area (Å²) in [6, 6.07) is 0. The lowest BCUT2D eigenvalue weighted by atomic mass is 9.47. The van der Waals surface area contributed by atoms with Crippen molar-refractivity contribution in [2.24, 2.45) is 40.4 Å². The van der Waals surface area contributed by atoms with E-state index in [0.717, 1.165) is 55.3 Å². The van der Waals surface area contributed by atoms with Gasteiger partial charge in [0.2, 0.25) is 0 Å². The Bertz CT molecular complexity index is 727. The van der Waals surface area contributed by atoms with Crippen molar-refractivity contribution in [3.63, 3.8) is 0 Å². The maximum atomic E-state index is 10.6. The second-order valence-electron chi connectivity index (χ2n) is 14.8. The Morgan fingerprint density at radius 3 is 2.43 bits per heavy atom. The van der Waals surface area contributed by atoms with Crippen LogP contribution in [0, 0.1) is 40.4 Å². The van der Waals surface area contributed by atoms with E-state index in [1.54, 1.807) is 5.57 Å². The van der Waals surface area contributed by atoms with Gasteiger partial charge in [-0.2, -0.15) is 0 Å². The minimum atomic E-state index is -0.566. The van der Waals surface area contributed by atoms with E-state index in [1.165, 1.54) is 96.3 Å². The molecule has 0 amide bonds. The van der Waals surface area contributed by atoms with E-state index in [0.29, 0.717) is 10.8 Å². The minimum absolute atomic E-state index is 0.224. The molecule has 0 bridgehead atoms. The van der Waals surface area contributed by atoms with E-state index in [2.05, 4.69) is 40.7 Å². The molecule has 2 heteroatoms. The van der Waals surface area contributed by atoms with Gasteiger partial charge < -0.3 is 9.84 Å². The summed E-state index contributed by atoms with van der Waals surface area (Å²) in [5.41, 5.74) is 2.66. The molecule has 0 radical (unpaired) electrons. The van der Waals surface area contributed by atoms with Crippen molar-refractivity contribution in [2.75, 3.05) is 0 Å². The van der Waals surface area contributed by atoms with Crippen molar-refractivity contribution in [3.8, 4) is 0 Å². The summed E-state index contributed by atoms with van der Waals surface area (Å²) in [5.74, 6) is 4.56. The van der Waals surface area contributed by atoms with Crippen LogP contribution in [0.4, 0.5) is 0 Å². The third kappa shape index (κ3) is 6.87. The lowest BCUT2D eigenvalue weighted by Gasteiger charge is -2.58. The Hall–Kier alpha value is -0.340. The minimum Gasteiger partial charge on any atom is -0.368 e. The first-order chi connectivity index (χ1) is 17.8. The van der Waals surface area contributed by atoms with Crippen molar-refractivity contribution >= 4 is 0 Å². The molecule has 0 aromatic heterocycles. The molecule has 214 valence electrons. The van der Waals surface area contributed by atoms with Crippen molar-refractivity contribution < 1.29 is 9.84 Å². The number of unbranched alkanes of at least 4 members (excludes halogenated alkanes) is 6. The van der Waals surface area contributed by atoms with Gasteiger partial charge in [-0.05, 0) is 111 Å². The fraction of sp³-hybridized carbons (Fsp3) is 0.943. The van der Waals surface area contributed by atoms with Crippen LogP contribution < -0.4 is 0 Å². The fourth-order valence-electron chi connectivity index (χ4n) is 9.66. The fourth-order valence-corrected chi connectivity index (χ4v) is 9.66. The van der Waals surface area contributed by atoms with Gasteiger partial charge in [-0.15, -0.1) is 0 Å². The summed E-state index contributed by atoms with van der Waals surface area (Å²) in [4.78, 5) is 0. The van der Waals surface area contributed by atoms with Crippen LogP contribution in [0.15, 0.2) is 11.6 Å². The maximum absolute atomic E-state index is 10.6. The molecule has 0 aromatic carbocycles. The number of hydrogen-bond donors (Lipinski definition) is 1. The van der Waals surface area contributed by atoms with Gasteiger partial charge >= 0.3 is 0 Å². The molecule has 1 N–H and O–H groups in total. The first-order valence-electron chi connectivity index (χ1n) is 16.8. The summed E-state index contributed by atoms with van der Waals surface area (Å²) < 4.78 is 6.22. The molecule has 4 aliphatic rings. The molecule has 3 saturated carbocycles. The van der Waals surface area contributed by atoms with Crippen LogP contribution in [0.2, 0.25) is 0 Å². The maximum Gasteiger partial charge on any atom is 0.154 e. The zero-order valence-corrected chi connectivity index (χ0v) is 25.4. The number of allylic oxidation sites excluding steroid dienone is 1. The summed E-state index contributed by atoms with van der Waals surface area (Å²) in [6.07, 6.45) is 27.2. The van der Waals surface area contributed by atoms with Crippen LogP contribution in [-0.2, 0) is 4.74 Å². The number of ether oxygens (including phenoxy) is 1. The van der Waals surface area contributed by atoms with E-state index in [-0.39, 0.29) is 6.10 Å². The van der Waals surface area contributed by atoms with Gasteiger partial charge in [0.05, 0.1) is 6.10 Å². The topological polar surface area (TPSA) is 29.5 Å². The highest BCUT2D eigenvalue weighted by molar-refractivity contribution is 5.25. The van der Waals surface area contributed by atoms with Gasteiger partial charge in [-0.25, -0.2) is 0 Å². The molecule has 0 heterocycles. The van der Waals surface area contributed by atoms with Gasteiger partial charge in [-0.1, -0.05) is 97.6 Å². The molecule has 0 saturated heterocycles. The Morgan fingerprint density at radius 1 is 0.892 bits per heavy atom. The first kappa shape index (κ1) is 29.6. The Labute approximate surface area is 230 Å². The molecule has 8 atom stereocenters. The van der Waals surface area contributed by atoms with Gasteiger partial charge in [0.15, 0.2) is 6.29 Å². The number of aliphatic hydroxyl groups excluding tert-OH is 1. The molecular formula is C35H62O2. The standard InChI is InChI=1S/C35H62O2/c1-6-7-8-9-10-11-16-33(36)37-29-21-23-35(5)28(25-29)17-19-30-31-20-18-27(15-13-12-14-26(2)3)34(31,4)24-22-32(30)35/h17,26-27,29-33,36H,6-16,18-25H2,1-5H3. The third-order valence-corrected chi connectivity index (χ3v) is 12.0. The van der Waals surface area contributed by atoms with Gasteiger partial charge in [-0.3, -0.25) is 0 Å². The molecule has 4 rings (SSSR count). The largest absolute Gasteiger partial charge is 0.368 e. The molecule has 0 spiro atoms. The molecular weight excluding hydrogens is 452 g/mol.